The number of fused-ring (bicyclic) bond motifs is 1. The molecule has 1 atom stereocenters. The van der Waals surface area contributed by atoms with Gasteiger partial charge >= 0.3 is 0 Å². The van der Waals surface area contributed by atoms with Crippen LogP contribution in [-0.2, 0) is 11.3 Å². The Morgan fingerprint density at radius 3 is 2.93 bits per heavy atom. The van der Waals surface area contributed by atoms with Gasteiger partial charge in [0.15, 0.2) is 5.16 Å². The summed E-state index contributed by atoms with van der Waals surface area (Å²) in [4.78, 5) is 40.8. The highest BCUT2D eigenvalue weighted by Gasteiger charge is 2.28. The molecular weight excluding hydrogens is 366 g/mol. The van der Waals surface area contributed by atoms with Crippen LogP contribution >= 0.6 is 11.8 Å². The lowest BCUT2D eigenvalue weighted by Crippen LogP contribution is -2.34. The first-order chi connectivity index (χ1) is 13.0. The van der Waals surface area contributed by atoms with E-state index in [1.807, 2.05) is 0 Å². The van der Waals surface area contributed by atoms with Gasteiger partial charge in [-0.3, -0.25) is 19.0 Å². The number of rotatable bonds is 6. The third kappa shape index (κ3) is 3.83. The van der Waals surface area contributed by atoms with Gasteiger partial charge < -0.3 is 5.32 Å². The fourth-order valence-corrected chi connectivity index (χ4v) is 4.29. The van der Waals surface area contributed by atoms with Crippen LogP contribution in [0.1, 0.15) is 42.5 Å². The summed E-state index contributed by atoms with van der Waals surface area (Å²) in [7, 11) is 0. The highest BCUT2D eigenvalue weighted by molar-refractivity contribution is 7.99. The topological polar surface area (TPSA) is 98.9 Å². The van der Waals surface area contributed by atoms with Crippen molar-refractivity contribution in [3.05, 3.63) is 50.3 Å². The highest BCUT2D eigenvalue weighted by Crippen LogP contribution is 2.38. The summed E-state index contributed by atoms with van der Waals surface area (Å²) in [6.07, 6.45) is 4.03. The van der Waals surface area contributed by atoms with Crippen LogP contribution in [0.3, 0.4) is 0 Å². The van der Waals surface area contributed by atoms with Gasteiger partial charge in [0.05, 0.1) is 18.3 Å². The van der Waals surface area contributed by atoms with Crippen LogP contribution in [-0.4, -0.2) is 37.5 Å². The SMILES string of the molecule is Cc1cnc2n(c1=O)C(CC(=O)NCCn1nc(C3CC3)ccc1=O)CS2. The van der Waals surface area contributed by atoms with Crippen molar-refractivity contribution in [2.45, 2.75) is 49.8 Å². The molecule has 142 valence electrons. The van der Waals surface area contributed by atoms with Crippen LogP contribution in [0.25, 0.3) is 0 Å². The molecule has 1 aliphatic heterocycles. The van der Waals surface area contributed by atoms with Crippen molar-refractivity contribution in [1.82, 2.24) is 24.6 Å². The number of nitrogens with one attached hydrogen (secondary N) is 1. The van der Waals surface area contributed by atoms with E-state index in [4.69, 9.17) is 0 Å². The van der Waals surface area contributed by atoms with Gasteiger partial charge in [-0.05, 0) is 25.8 Å². The second-order valence-electron chi connectivity index (χ2n) is 7.01. The molecule has 1 fully saturated rings. The van der Waals surface area contributed by atoms with Crippen LogP contribution in [0.2, 0.25) is 0 Å². The summed E-state index contributed by atoms with van der Waals surface area (Å²) in [6.45, 7) is 2.39. The molecule has 2 aliphatic rings. The minimum absolute atomic E-state index is 0.0876. The normalized spacial score (nSPS) is 18.3. The molecule has 1 aliphatic carbocycles. The summed E-state index contributed by atoms with van der Waals surface area (Å²) >= 11 is 1.49. The summed E-state index contributed by atoms with van der Waals surface area (Å²) in [6, 6.07) is 3.14. The summed E-state index contributed by atoms with van der Waals surface area (Å²) < 4.78 is 3.02. The number of thioether (sulfide) groups is 1. The fraction of sp³-hybridized carbons (Fsp3) is 0.500. The Balaban J connectivity index is 1.34. The van der Waals surface area contributed by atoms with Gasteiger partial charge in [0, 0.05) is 42.5 Å². The van der Waals surface area contributed by atoms with Crippen LogP contribution < -0.4 is 16.4 Å². The standard InChI is InChI=1S/C18H21N5O3S/c1-11-9-20-18-23(17(11)26)13(10-27-18)8-15(24)19-6-7-22-16(25)5-4-14(21-22)12-2-3-12/h4-5,9,12-13H,2-3,6-8,10H2,1H3,(H,19,24). The first-order valence-electron chi connectivity index (χ1n) is 9.08. The predicted molar refractivity (Wildman–Crippen MR) is 101 cm³/mol. The third-order valence-corrected chi connectivity index (χ3v) is 5.96. The van der Waals surface area contributed by atoms with E-state index in [1.54, 1.807) is 23.8 Å². The van der Waals surface area contributed by atoms with E-state index >= 15 is 0 Å². The molecule has 2 aromatic rings. The maximum Gasteiger partial charge on any atom is 0.266 e. The van der Waals surface area contributed by atoms with Crippen molar-refractivity contribution < 1.29 is 4.79 Å². The average Bonchev–Trinajstić information content (AvgIpc) is 3.42. The van der Waals surface area contributed by atoms with Gasteiger partial charge in [0.1, 0.15) is 0 Å². The zero-order valence-electron chi connectivity index (χ0n) is 15.1. The van der Waals surface area contributed by atoms with Gasteiger partial charge in [0.25, 0.3) is 11.1 Å². The number of nitrogens with zero attached hydrogens (tertiary/aromatic N) is 4. The Bertz CT molecular complexity index is 995. The molecule has 8 nitrogen and oxygen atoms in total. The second kappa shape index (κ2) is 7.30. The lowest BCUT2D eigenvalue weighted by Gasteiger charge is -2.14. The molecule has 27 heavy (non-hydrogen) atoms. The van der Waals surface area contributed by atoms with Gasteiger partial charge in [-0.15, -0.1) is 0 Å². The maximum absolute atomic E-state index is 12.3. The van der Waals surface area contributed by atoms with E-state index in [9.17, 15) is 14.4 Å². The molecule has 2 aromatic heterocycles. The Morgan fingerprint density at radius 2 is 2.15 bits per heavy atom. The van der Waals surface area contributed by atoms with E-state index < -0.39 is 0 Å². The van der Waals surface area contributed by atoms with Crippen LogP contribution in [0.5, 0.6) is 0 Å². The highest BCUT2D eigenvalue weighted by atomic mass is 32.2. The van der Waals surface area contributed by atoms with Crippen LogP contribution in [0, 0.1) is 6.92 Å². The molecule has 1 amide bonds. The van der Waals surface area contributed by atoms with E-state index in [1.165, 1.54) is 22.5 Å². The minimum Gasteiger partial charge on any atom is -0.354 e. The van der Waals surface area contributed by atoms with Gasteiger partial charge in [-0.2, -0.15) is 5.10 Å². The van der Waals surface area contributed by atoms with Gasteiger partial charge in [-0.25, -0.2) is 9.67 Å². The monoisotopic (exact) mass is 387 g/mol. The third-order valence-electron chi connectivity index (χ3n) is 4.85. The molecule has 1 unspecified atom stereocenters. The molecule has 0 saturated heterocycles. The number of carbonyl (C=O) groups is 1. The molecule has 4 rings (SSSR count). The Morgan fingerprint density at radius 1 is 1.33 bits per heavy atom. The summed E-state index contributed by atoms with van der Waals surface area (Å²) in [5, 5.41) is 7.88. The van der Waals surface area contributed by atoms with E-state index in [0.29, 0.717) is 35.5 Å². The van der Waals surface area contributed by atoms with Gasteiger partial charge in [0.2, 0.25) is 5.91 Å². The van der Waals surface area contributed by atoms with Crippen LogP contribution in [0.15, 0.2) is 33.1 Å². The Labute approximate surface area is 160 Å². The lowest BCUT2D eigenvalue weighted by molar-refractivity contribution is -0.121. The molecule has 3 heterocycles. The first-order valence-corrected chi connectivity index (χ1v) is 10.1. The van der Waals surface area contributed by atoms with Crippen molar-refractivity contribution in [1.29, 1.82) is 0 Å². The molecule has 9 heteroatoms. The Kier molecular flexibility index (Phi) is 4.86. The fourth-order valence-electron chi connectivity index (χ4n) is 3.18. The average molecular weight is 387 g/mol. The zero-order valence-corrected chi connectivity index (χ0v) is 15.9. The second-order valence-corrected chi connectivity index (χ2v) is 8.00. The molecule has 0 spiro atoms. The molecule has 1 saturated carbocycles. The summed E-state index contributed by atoms with van der Waals surface area (Å²) in [5.74, 6) is 0.985. The van der Waals surface area contributed by atoms with E-state index in [2.05, 4.69) is 15.4 Å². The number of carbonyl (C=O) groups excluding carboxylic acids is 1. The summed E-state index contributed by atoms with van der Waals surface area (Å²) in [5.41, 5.74) is 1.27. The van der Waals surface area contributed by atoms with E-state index in [0.717, 1.165) is 18.5 Å². The maximum atomic E-state index is 12.3. The molecule has 0 aromatic carbocycles. The number of hydrogen-bond acceptors (Lipinski definition) is 6. The zero-order chi connectivity index (χ0) is 19.0. The lowest BCUT2D eigenvalue weighted by atomic mass is 10.2. The Hall–Kier alpha value is -2.42. The quantitative estimate of drug-likeness (QED) is 0.738. The molecular formula is C18H21N5O3S. The molecule has 1 N–H and O–H groups in total. The number of hydrogen-bond donors (Lipinski definition) is 1. The van der Waals surface area contributed by atoms with Crippen molar-refractivity contribution in [2.24, 2.45) is 0 Å². The largest absolute Gasteiger partial charge is 0.354 e. The van der Waals surface area contributed by atoms with Crippen molar-refractivity contribution >= 4 is 17.7 Å². The van der Waals surface area contributed by atoms with Crippen molar-refractivity contribution in [3.8, 4) is 0 Å². The van der Waals surface area contributed by atoms with Gasteiger partial charge in [-0.1, -0.05) is 11.8 Å². The number of aromatic nitrogens is 4. The van der Waals surface area contributed by atoms with Crippen molar-refractivity contribution in [3.63, 3.8) is 0 Å². The molecule has 0 bridgehead atoms. The van der Waals surface area contributed by atoms with E-state index in [-0.39, 0.29) is 29.5 Å². The number of aryl methyl sites for hydroxylation is 1. The molecule has 0 radical (unpaired) electrons. The number of amides is 1. The first kappa shape index (κ1) is 18.0. The minimum atomic E-state index is -0.191. The van der Waals surface area contributed by atoms with Crippen molar-refractivity contribution in [2.75, 3.05) is 12.3 Å². The smallest absolute Gasteiger partial charge is 0.266 e. The predicted octanol–water partition coefficient (Wildman–Crippen LogP) is 0.839. The van der Waals surface area contributed by atoms with Crippen LogP contribution in [0.4, 0.5) is 0 Å².